The van der Waals surface area contributed by atoms with Crippen LogP contribution in [0.1, 0.15) is 23.1 Å². The van der Waals surface area contributed by atoms with Gasteiger partial charge in [0, 0.05) is 18.2 Å². The summed E-state index contributed by atoms with van der Waals surface area (Å²) in [5.74, 6) is -1.20. The molecule has 6 nitrogen and oxygen atoms in total. The minimum absolute atomic E-state index is 0.187. The van der Waals surface area contributed by atoms with Crippen molar-refractivity contribution in [2.45, 2.75) is 19.5 Å². The zero-order valence-corrected chi connectivity index (χ0v) is 16.0. The van der Waals surface area contributed by atoms with E-state index >= 15 is 0 Å². The van der Waals surface area contributed by atoms with E-state index in [1.807, 2.05) is 6.92 Å². The zero-order valence-electron chi connectivity index (χ0n) is 16.0. The van der Waals surface area contributed by atoms with Crippen molar-refractivity contribution in [3.63, 3.8) is 0 Å². The van der Waals surface area contributed by atoms with Gasteiger partial charge >= 0.3 is 12.1 Å². The Hall–Kier alpha value is -3.23. The molecule has 3 aromatic rings. The molecule has 2 aromatic heterocycles. The first-order valence-corrected chi connectivity index (χ1v) is 8.76. The van der Waals surface area contributed by atoms with E-state index < -0.39 is 24.4 Å². The number of aromatic carboxylic acids is 1. The van der Waals surface area contributed by atoms with Gasteiger partial charge in [-0.25, -0.2) is 9.78 Å². The Morgan fingerprint density at radius 3 is 2.52 bits per heavy atom. The number of alkyl halides is 3. The number of hydrogen-bond donors (Lipinski definition) is 1. The third kappa shape index (κ3) is 3.85. The fourth-order valence-corrected chi connectivity index (χ4v) is 3.26. The van der Waals surface area contributed by atoms with Gasteiger partial charge in [-0.15, -0.1) is 0 Å². The topological polar surface area (TPSA) is 73.6 Å². The molecule has 0 unspecified atom stereocenters. The molecule has 3 rings (SSSR count). The number of hydrogen-bond acceptors (Lipinski definition) is 4. The van der Waals surface area contributed by atoms with Crippen molar-refractivity contribution in [1.82, 2.24) is 9.55 Å². The van der Waals surface area contributed by atoms with Crippen LogP contribution < -0.4 is 9.47 Å². The number of carboxylic acid groups (broad SMARTS) is 1. The van der Waals surface area contributed by atoms with Gasteiger partial charge in [-0.1, -0.05) is 25.1 Å². The first-order chi connectivity index (χ1) is 13.7. The highest BCUT2D eigenvalue weighted by Gasteiger charge is 2.32. The van der Waals surface area contributed by atoms with Crippen LogP contribution >= 0.6 is 0 Å². The molecule has 1 N–H and O–H groups in total. The standard InChI is InChI=1S/C20H19F3N2O4/c1-4-14-12(11-7-5-6-8-15(11)28-3)9-13-17(29-10-20(21,22)23)16(19(26)27)25(2)18(13)24-14/h5-9H,4,10H2,1-3H3,(H,26,27). The third-order valence-electron chi connectivity index (χ3n) is 4.51. The number of aromatic nitrogens is 2. The summed E-state index contributed by atoms with van der Waals surface area (Å²) in [5.41, 5.74) is 1.83. The molecule has 0 aliphatic rings. The van der Waals surface area contributed by atoms with Crippen LogP contribution in [-0.2, 0) is 13.5 Å². The molecule has 0 atom stereocenters. The van der Waals surface area contributed by atoms with Crippen molar-refractivity contribution >= 4 is 17.0 Å². The molecule has 154 valence electrons. The lowest BCUT2D eigenvalue weighted by Gasteiger charge is -2.13. The number of methoxy groups -OCH3 is 1. The minimum Gasteiger partial charge on any atom is -0.496 e. The van der Waals surface area contributed by atoms with Crippen LogP contribution in [0, 0.1) is 0 Å². The van der Waals surface area contributed by atoms with Crippen LogP contribution in [0.3, 0.4) is 0 Å². The van der Waals surface area contributed by atoms with Crippen molar-refractivity contribution in [2.24, 2.45) is 7.05 Å². The van der Waals surface area contributed by atoms with Gasteiger partial charge in [-0.3, -0.25) is 0 Å². The van der Waals surface area contributed by atoms with E-state index in [9.17, 15) is 23.1 Å². The Balaban J connectivity index is 2.31. The summed E-state index contributed by atoms with van der Waals surface area (Å²) >= 11 is 0. The maximum atomic E-state index is 12.7. The van der Waals surface area contributed by atoms with E-state index in [2.05, 4.69) is 4.98 Å². The van der Waals surface area contributed by atoms with Crippen LogP contribution in [0.2, 0.25) is 0 Å². The number of aryl methyl sites for hydroxylation is 2. The molecule has 0 aliphatic heterocycles. The Labute approximate surface area is 164 Å². The number of ether oxygens (including phenoxy) is 2. The van der Waals surface area contributed by atoms with Gasteiger partial charge in [-0.2, -0.15) is 13.2 Å². The van der Waals surface area contributed by atoms with Crippen molar-refractivity contribution in [3.8, 4) is 22.6 Å². The summed E-state index contributed by atoms with van der Waals surface area (Å²) in [7, 11) is 2.95. The molecule has 0 fully saturated rings. The van der Waals surface area contributed by atoms with Crippen molar-refractivity contribution in [3.05, 3.63) is 41.7 Å². The lowest BCUT2D eigenvalue weighted by atomic mass is 10.0. The van der Waals surface area contributed by atoms with Crippen LogP contribution in [0.15, 0.2) is 30.3 Å². The molecule has 29 heavy (non-hydrogen) atoms. The van der Waals surface area contributed by atoms with Crippen molar-refractivity contribution in [2.75, 3.05) is 13.7 Å². The smallest absolute Gasteiger partial charge is 0.422 e. The first-order valence-electron chi connectivity index (χ1n) is 8.76. The first kappa shape index (κ1) is 20.5. The second-order valence-electron chi connectivity index (χ2n) is 6.35. The molecule has 0 amide bonds. The molecule has 0 radical (unpaired) electrons. The molecule has 2 heterocycles. The summed E-state index contributed by atoms with van der Waals surface area (Å²) in [4.78, 5) is 16.3. The van der Waals surface area contributed by atoms with Crippen LogP contribution in [-0.4, -0.2) is 40.5 Å². The van der Waals surface area contributed by atoms with Crippen molar-refractivity contribution < 1.29 is 32.5 Å². The third-order valence-corrected chi connectivity index (χ3v) is 4.51. The molecule has 9 heteroatoms. The quantitative estimate of drug-likeness (QED) is 0.652. The van der Waals surface area contributed by atoms with Crippen LogP contribution in [0.5, 0.6) is 11.5 Å². The maximum absolute atomic E-state index is 12.7. The van der Waals surface area contributed by atoms with Gasteiger partial charge in [0.15, 0.2) is 18.1 Å². The minimum atomic E-state index is -4.61. The van der Waals surface area contributed by atoms with Crippen LogP contribution in [0.25, 0.3) is 22.2 Å². The summed E-state index contributed by atoms with van der Waals surface area (Å²) < 4.78 is 49.7. The van der Waals surface area contributed by atoms with Crippen LogP contribution in [0.4, 0.5) is 13.2 Å². The van der Waals surface area contributed by atoms with E-state index in [0.717, 1.165) is 0 Å². The maximum Gasteiger partial charge on any atom is 0.422 e. The molecular weight excluding hydrogens is 389 g/mol. The van der Waals surface area contributed by atoms with Gasteiger partial charge in [0.05, 0.1) is 18.2 Å². The lowest BCUT2D eigenvalue weighted by molar-refractivity contribution is -0.153. The predicted octanol–water partition coefficient (Wildman–Crippen LogP) is 4.45. The summed E-state index contributed by atoms with van der Waals surface area (Å²) in [5, 5.41) is 9.73. The summed E-state index contributed by atoms with van der Waals surface area (Å²) in [6.07, 6.45) is -4.09. The Morgan fingerprint density at radius 2 is 1.93 bits per heavy atom. The summed E-state index contributed by atoms with van der Waals surface area (Å²) in [6, 6.07) is 8.77. The van der Waals surface area contributed by atoms with E-state index in [4.69, 9.17) is 9.47 Å². The highest BCUT2D eigenvalue weighted by atomic mass is 19.4. The van der Waals surface area contributed by atoms with E-state index in [1.54, 1.807) is 30.3 Å². The number of nitrogens with zero attached hydrogens (tertiary/aromatic N) is 2. The molecule has 0 saturated carbocycles. The fraction of sp³-hybridized carbons (Fsp3) is 0.300. The second-order valence-corrected chi connectivity index (χ2v) is 6.35. The summed E-state index contributed by atoms with van der Waals surface area (Å²) in [6.45, 7) is 0.279. The molecule has 1 aromatic carbocycles. The number of fused-ring (bicyclic) bond motifs is 1. The number of pyridine rings is 1. The normalized spacial score (nSPS) is 11.7. The molecule has 0 spiro atoms. The number of rotatable bonds is 6. The Morgan fingerprint density at radius 1 is 1.24 bits per heavy atom. The van der Waals surface area contributed by atoms with Gasteiger partial charge in [0.25, 0.3) is 0 Å². The SMILES string of the molecule is CCc1nc2c(cc1-c1ccccc1OC)c(OCC(F)(F)F)c(C(=O)O)n2C. The highest BCUT2D eigenvalue weighted by Crippen LogP contribution is 2.39. The van der Waals surface area contributed by atoms with Gasteiger partial charge in [0.1, 0.15) is 11.4 Å². The Kier molecular flexibility index (Phi) is 5.41. The Bertz CT molecular complexity index is 1070. The average Bonchev–Trinajstić information content (AvgIpc) is 2.96. The van der Waals surface area contributed by atoms with E-state index in [0.29, 0.717) is 29.0 Å². The van der Waals surface area contributed by atoms with Gasteiger partial charge < -0.3 is 19.1 Å². The fourth-order valence-electron chi connectivity index (χ4n) is 3.26. The molecular formula is C20H19F3N2O4. The monoisotopic (exact) mass is 408 g/mol. The zero-order chi connectivity index (χ0) is 21.3. The molecule has 0 aliphatic carbocycles. The largest absolute Gasteiger partial charge is 0.496 e. The predicted molar refractivity (Wildman–Crippen MR) is 101 cm³/mol. The second kappa shape index (κ2) is 7.65. The van der Waals surface area contributed by atoms with Gasteiger partial charge in [-0.05, 0) is 18.6 Å². The van der Waals surface area contributed by atoms with E-state index in [1.165, 1.54) is 18.7 Å². The number of carboxylic acids is 1. The number of para-hydroxylation sites is 1. The van der Waals surface area contributed by atoms with Crippen molar-refractivity contribution in [1.29, 1.82) is 0 Å². The van der Waals surface area contributed by atoms with E-state index in [-0.39, 0.29) is 16.8 Å². The number of halogens is 3. The molecule has 0 bridgehead atoms. The number of carbonyl (C=O) groups is 1. The van der Waals surface area contributed by atoms with Gasteiger partial charge in [0.2, 0.25) is 0 Å². The lowest BCUT2D eigenvalue weighted by Crippen LogP contribution is -2.20. The average molecular weight is 408 g/mol. The molecule has 0 saturated heterocycles. The highest BCUT2D eigenvalue weighted by molar-refractivity contribution is 6.01. The number of benzene rings is 1.